The Bertz CT molecular complexity index is 706. The van der Waals surface area contributed by atoms with Crippen molar-refractivity contribution < 1.29 is 0 Å². The van der Waals surface area contributed by atoms with Crippen molar-refractivity contribution in [3.05, 3.63) is 60.2 Å². The Morgan fingerprint density at radius 1 is 1.00 bits per heavy atom. The molecule has 21 heavy (non-hydrogen) atoms. The van der Waals surface area contributed by atoms with Crippen molar-refractivity contribution in [3.63, 3.8) is 0 Å². The first-order valence-electron chi connectivity index (χ1n) is 7.17. The molecule has 0 unspecified atom stereocenters. The van der Waals surface area contributed by atoms with Gasteiger partial charge in [0.25, 0.3) is 0 Å². The molecule has 0 aliphatic carbocycles. The molecular weight excluding hydrogens is 282 g/mol. The van der Waals surface area contributed by atoms with Crippen LogP contribution in [0.4, 0.5) is 5.95 Å². The number of para-hydroxylation sites is 2. The van der Waals surface area contributed by atoms with Crippen LogP contribution >= 0.6 is 11.6 Å². The van der Waals surface area contributed by atoms with Gasteiger partial charge >= 0.3 is 0 Å². The highest BCUT2D eigenvalue weighted by molar-refractivity contribution is 6.17. The van der Waals surface area contributed by atoms with Gasteiger partial charge in [-0.3, -0.25) is 0 Å². The summed E-state index contributed by atoms with van der Waals surface area (Å²) >= 11 is 5.75. The van der Waals surface area contributed by atoms with Crippen LogP contribution in [0, 0.1) is 0 Å². The van der Waals surface area contributed by atoms with Gasteiger partial charge in [-0.25, -0.2) is 4.98 Å². The highest BCUT2D eigenvalue weighted by Gasteiger charge is 2.10. The molecule has 108 valence electrons. The lowest BCUT2D eigenvalue weighted by Crippen LogP contribution is -2.10. The van der Waals surface area contributed by atoms with E-state index in [-0.39, 0.29) is 0 Å². The molecule has 0 radical (unpaired) electrons. The third kappa shape index (κ3) is 3.19. The molecule has 4 heteroatoms. The molecule has 3 nitrogen and oxygen atoms in total. The Morgan fingerprint density at radius 3 is 2.57 bits per heavy atom. The van der Waals surface area contributed by atoms with Crippen molar-refractivity contribution in [2.24, 2.45) is 0 Å². The Balaban J connectivity index is 1.95. The number of aromatic nitrogens is 2. The van der Waals surface area contributed by atoms with Crippen LogP contribution in [0.5, 0.6) is 0 Å². The number of hydrogen-bond acceptors (Lipinski definition) is 2. The zero-order chi connectivity index (χ0) is 14.5. The van der Waals surface area contributed by atoms with E-state index in [9.17, 15) is 0 Å². The van der Waals surface area contributed by atoms with E-state index in [2.05, 4.69) is 45.2 Å². The highest BCUT2D eigenvalue weighted by Crippen LogP contribution is 2.21. The van der Waals surface area contributed by atoms with Gasteiger partial charge in [-0.1, -0.05) is 42.5 Å². The summed E-state index contributed by atoms with van der Waals surface area (Å²) in [6.45, 7) is 1.65. The SMILES string of the molecule is ClCCCNc1nc2ccccc2n1Cc1ccccc1. The van der Waals surface area contributed by atoms with E-state index in [1.807, 2.05) is 24.3 Å². The zero-order valence-electron chi connectivity index (χ0n) is 11.8. The van der Waals surface area contributed by atoms with Gasteiger partial charge in [0.1, 0.15) is 0 Å². The summed E-state index contributed by atoms with van der Waals surface area (Å²) in [6.07, 6.45) is 0.927. The molecule has 2 aromatic carbocycles. The topological polar surface area (TPSA) is 29.9 Å². The van der Waals surface area contributed by atoms with Crippen LogP contribution in [-0.4, -0.2) is 22.0 Å². The van der Waals surface area contributed by atoms with Gasteiger partial charge in [0, 0.05) is 12.4 Å². The minimum Gasteiger partial charge on any atom is -0.356 e. The molecule has 0 spiro atoms. The summed E-state index contributed by atoms with van der Waals surface area (Å²) in [5.74, 6) is 1.57. The molecule has 1 heterocycles. The van der Waals surface area contributed by atoms with Crippen LogP contribution < -0.4 is 5.32 Å². The van der Waals surface area contributed by atoms with Gasteiger partial charge in [-0.05, 0) is 24.1 Å². The molecule has 1 aromatic heterocycles. The first-order valence-corrected chi connectivity index (χ1v) is 7.71. The average Bonchev–Trinajstić information content (AvgIpc) is 2.87. The van der Waals surface area contributed by atoms with Gasteiger partial charge in [0.05, 0.1) is 17.6 Å². The molecule has 3 rings (SSSR count). The Labute approximate surface area is 129 Å². The van der Waals surface area contributed by atoms with E-state index in [1.54, 1.807) is 0 Å². The monoisotopic (exact) mass is 299 g/mol. The number of benzene rings is 2. The van der Waals surface area contributed by atoms with E-state index in [0.29, 0.717) is 5.88 Å². The number of nitrogens with one attached hydrogen (secondary N) is 1. The minimum atomic E-state index is 0.659. The number of fused-ring (bicyclic) bond motifs is 1. The summed E-state index contributed by atoms with van der Waals surface area (Å²) in [7, 11) is 0. The fraction of sp³-hybridized carbons (Fsp3) is 0.235. The molecule has 3 aromatic rings. The smallest absolute Gasteiger partial charge is 0.204 e. The lowest BCUT2D eigenvalue weighted by molar-refractivity contribution is 0.817. The molecule has 1 N–H and O–H groups in total. The lowest BCUT2D eigenvalue weighted by Gasteiger charge is -2.10. The molecule has 0 saturated carbocycles. The van der Waals surface area contributed by atoms with Crippen LogP contribution in [0.3, 0.4) is 0 Å². The van der Waals surface area contributed by atoms with Gasteiger partial charge < -0.3 is 9.88 Å². The lowest BCUT2D eigenvalue weighted by atomic mass is 10.2. The Morgan fingerprint density at radius 2 is 1.76 bits per heavy atom. The number of rotatable bonds is 6. The first kappa shape index (κ1) is 14.0. The van der Waals surface area contributed by atoms with E-state index >= 15 is 0 Å². The van der Waals surface area contributed by atoms with Crippen LogP contribution in [0.1, 0.15) is 12.0 Å². The Kier molecular flexibility index (Phi) is 4.41. The van der Waals surface area contributed by atoms with Crippen molar-refractivity contribution >= 4 is 28.6 Å². The van der Waals surface area contributed by atoms with E-state index in [4.69, 9.17) is 11.6 Å². The number of imidazole rings is 1. The second kappa shape index (κ2) is 6.64. The van der Waals surface area contributed by atoms with Gasteiger partial charge in [0.15, 0.2) is 0 Å². The zero-order valence-corrected chi connectivity index (χ0v) is 12.6. The fourth-order valence-electron chi connectivity index (χ4n) is 2.40. The van der Waals surface area contributed by atoms with Gasteiger partial charge in [0.2, 0.25) is 5.95 Å². The molecule has 0 aliphatic heterocycles. The number of hydrogen-bond donors (Lipinski definition) is 1. The summed E-state index contributed by atoms with van der Waals surface area (Å²) in [5, 5.41) is 3.39. The highest BCUT2D eigenvalue weighted by atomic mass is 35.5. The minimum absolute atomic E-state index is 0.659. The molecular formula is C17H18ClN3. The maximum atomic E-state index is 5.75. The van der Waals surface area contributed by atoms with Crippen LogP contribution in [-0.2, 0) is 6.54 Å². The average molecular weight is 300 g/mol. The third-order valence-electron chi connectivity index (χ3n) is 3.43. The molecule has 0 bridgehead atoms. The maximum absolute atomic E-state index is 5.75. The van der Waals surface area contributed by atoms with Gasteiger partial charge in [-0.2, -0.15) is 0 Å². The molecule has 0 fully saturated rings. The summed E-state index contributed by atoms with van der Waals surface area (Å²) in [6, 6.07) is 18.7. The van der Waals surface area contributed by atoms with E-state index < -0.39 is 0 Å². The summed E-state index contributed by atoms with van der Waals surface area (Å²) in [4.78, 5) is 4.69. The van der Waals surface area contributed by atoms with Crippen molar-refractivity contribution in [3.8, 4) is 0 Å². The number of halogens is 1. The predicted molar refractivity (Wildman–Crippen MR) is 89.1 cm³/mol. The van der Waals surface area contributed by atoms with Crippen LogP contribution in [0.2, 0.25) is 0 Å². The molecule has 0 saturated heterocycles. The van der Waals surface area contributed by atoms with Gasteiger partial charge in [-0.15, -0.1) is 11.6 Å². The summed E-state index contributed by atoms with van der Waals surface area (Å²) in [5.41, 5.74) is 3.43. The van der Waals surface area contributed by atoms with E-state index in [1.165, 1.54) is 5.56 Å². The van der Waals surface area contributed by atoms with Crippen molar-refractivity contribution in [2.45, 2.75) is 13.0 Å². The molecule has 0 aliphatic rings. The van der Waals surface area contributed by atoms with E-state index in [0.717, 1.165) is 36.5 Å². The number of anilines is 1. The van der Waals surface area contributed by atoms with Crippen LogP contribution in [0.15, 0.2) is 54.6 Å². The third-order valence-corrected chi connectivity index (χ3v) is 3.70. The number of nitrogens with zero attached hydrogens (tertiary/aromatic N) is 2. The fourth-order valence-corrected chi connectivity index (χ4v) is 2.54. The second-order valence-electron chi connectivity index (χ2n) is 4.97. The van der Waals surface area contributed by atoms with Crippen molar-refractivity contribution in [2.75, 3.05) is 17.7 Å². The first-order chi connectivity index (χ1) is 10.4. The predicted octanol–water partition coefficient (Wildman–Crippen LogP) is 4.13. The maximum Gasteiger partial charge on any atom is 0.204 e. The number of alkyl halides is 1. The Hall–Kier alpha value is -2.00. The largest absolute Gasteiger partial charge is 0.356 e. The van der Waals surface area contributed by atoms with Crippen molar-refractivity contribution in [1.82, 2.24) is 9.55 Å². The van der Waals surface area contributed by atoms with Crippen molar-refractivity contribution in [1.29, 1.82) is 0 Å². The normalized spacial score (nSPS) is 10.9. The van der Waals surface area contributed by atoms with Crippen LogP contribution in [0.25, 0.3) is 11.0 Å². The standard InChI is InChI=1S/C17H18ClN3/c18-11-6-12-19-17-20-15-9-4-5-10-16(15)21(17)13-14-7-2-1-3-8-14/h1-5,7-10H,6,11-13H2,(H,19,20). The quantitative estimate of drug-likeness (QED) is 0.548. The molecule has 0 atom stereocenters. The summed E-state index contributed by atoms with van der Waals surface area (Å²) < 4.78 is 2.22. The molecule has 0 amide bonds. The second-order valence-corrected chi connectivity index (χ2v) is 5.34.